The highest BCUT2D eigenvalue weighted by Crippen LogP contribution is 2.47. The molecule has 3 aliphatic rings. The molecule has 0 saturated carbocycles. The van der Waals surface area contributed by atoms with Crippen LogP contribution < -0.4 is 9.64 Å². The van der Waals surface area contributed by atoms with Gasteiger partial charge in [0, 0.05) is 68.7 Å². The van der Waals surface area contributed by atoms with Gasteiger partial charge >= 0.3 is 6.18 Å². The van der Waals surface area contributed by atoms with Crippen LogP contribution in [0.3, 0.4) is 0 Å². The fraction of sp³-hybridized carbons (Fsp3) is 0.500. The van der Waals surface area contributed by atoms with Gasteiger partial charge in [-0.15, -0.1) is 0 Å². The molecule has 0 N–H and O–H groups in total. The van der Waals surface area contributed by atoms with E-state index in [1.165, 1.54) is 23.9 Å². The van der Waals surface area contributed by atoms with Crippen molar-refractivity contribution in [2.75, 3.05) is 37.8 Å². The Morgan fingerprint density at radius 3 is 2.61 bits per heavy atom. The van der Waals surface area contributed by atoms with Crippen molar-refractivity contribution in [3.8, 4) is 16.9 Å². The Labute approximate surface area is 217 Å². The third-order valence-electron chi connectivity index (χ3n) is 7.59. The Bertz CT molecular complexity index is 1380. The van der Waals surface area contributed by atoms with Gasteiger partial charge in [0.15, 0.2) is 5.82 Å². The van der Waals surface area contributed by atoms with Crippen LogP contribution in [-0.2, 0) is 35.7 Å². The van der Waals surface area contributed by atoms with Gasteiger partial charge in [0.2, 0.25) is 5.91 Å². The average Bonchev–Trinajstić information content (AvgIpc) is 3.51. The topological polar surface area (TPSA) is 77.7 Å². The first-order chi connectivity index (χ1) is 18.2. The van der Waals surface area contributed by atoms with Crippen molar-refractivity contribution in [1.82, 2.24) is 24.5 Å². The Morgan fingerprint density at radius 1 is 1.13 bits per heavy atom. The summed E-state index contributed by atoms with van der Waals surface area (Å²) in [7, 11) is 1.66. The van der Waals surface area contributed by atoms with E-state index in [2.05, 4.69) is 5.10 Å². The van der Waals surface area contributed by atoms with Gasteiger partial charge < -0.3 is 19.3 Å². The highest BCUT2D eigenvalue weighted by atomic mass is 19.4. The zero-order valence-corrected chi connectivity index (χ0v) is 21.3. The van der Waals surface area contributed by atoms with Crippen LogP contribution in [0.1, 0.15) is 42.6 Å². The molecule has 1 amide bonds. The summed E-state index contributed by atoms with van der Waals surface area (Å²) in [5, 5.41) is 9.06. The number of carbonyl (C=O) groups is 1. The number of hydrogen-bond acceptors (Lipinski definition) is 6. The zero-order valence-electron chi connectivity index (χ0n) is 21.3. The highest BCUT2D eigenvalue weighted by Gasteiger charge is 2.38. The van der Waals surface area contributed by atoms with Crippen LogP contribution in [0.4, 0.5) is 24.7 Å². The number of rotatable bonds is 3. The van der Waals surface area contributed by atoms with Gasteiger partial charge in [0.05, 0.1) is 36.6 Å². The molecule has 0 unspecified atom stereocenters. The van der Waals surface area contributed by atoms with Crippen LogP contribution in [-0.4, -0.2) is 63.3 Å². The summed E-state index contributed by atoms with van der Waals surface area (Å²) in [5.41, 5.74) is 1.86. The quantitative estimate of drug-likeness (QED) is 0.508. The predicted octanol–water partition coefficient (Wildman–Crippen LogP) is 4.09. The Morgan fingerprint density at radius 2 is 1.92 bits per heavy atom. The number of aryl methyl sites for hydroxylation is 1. The summed E-state index contributed by atoms with van der Waals surface area (Å²) in [6.45, 7) is 4.40. The number of hydrogen-bond donors (Lipinski definition) is 0. The van der Waals surface area contributed by atoms with Crippen molar-refractivity contribution in [3.63, 3.8) is 0 Å². The Kier molecular flexibility index (Phi) is 6.09. The molecule has 5 heterocycles. The van der Waals surface area contributed by atoms with Gasteiger partial charge in [-0.05, 0) is 25.0 Å². The van der Waals surface area contributed by atoms with Crippen LogP contribution in [0.2, 0.25) is 0 Å². The number of aromatic nitrogens is 4. The predicted molar refractivity (Wildman–Crippen MR) is 132 cm³/mol. The molecule has 1 aromatic carbocycles. The molecule has 38 heavy (non-hydrogen) atoms. The lowest BCUT2D eigenvalue weighted by atomic mass is 9.99. The summed E-state index contributed by atoms with van der Waals surface area (Å²) in [4.78, 5) is 15.8. The molecular weight excluding hydrogens is 501 g/mol. The molecule has 3 aromatic rings. The maximum absolute atomic E-state index is 14.3. The molecule has 6 rings (SSSR count). The number of ether oxygens (including phenoxy) is 2. The van der Waals surface area contributed by atoms with Crippen LogP contribution in [0.5, 0.6) is 5.75 Å². The molecule has 12 heteroatoms. The second-order valence-corrected chi connectivity index (χ2v) is 9.99. The van der Waals surface area contributed by atoms with Gasteiger partial charge in [-0.25, -0.2) is 0 Å². The lowest BCUT2D eigenvalue weighted by Gasteiger charge is -2.33. The first kappa shape index (κ1) is 24.8. The van der Waals surface area contributed by atoms with Crippen LogP contribution in [0.15, 0.2) is 24.5 Å². The second-order valence-electron chi connectivity index (χ2n) is 9.99. The molecule has 202 valence electrons. The molecule has 2 aromatic heterocycles. The van der Waals surface area contributed by atoms with Crippen molar-refractivity contribution < 1.29 is 27.4 Å². The van der Waals surface area contributed by atoms with E-state index in [1.807, 2.05) is 9.58 Å². The molecule has 3 aliphatic heterocycles. The first-order valence-electron chi connectivity index (χ1n) is 12.8. The molecule has 0 radical (unpaired) electrons. The molecular formula is C26H29F3N6O3. The largest absolute Gasteiger partial charge is 0.490 e. The van der Waals surface area contributed by atoms with E-state index in [0.717, 1.165) is 30.2 Å². The van der Waals surface area contributed by atoms with E-state index in [1.54, 1.807) is 18.1 Å². The van der Waals surface area contributed by atoms with Crippen LogP contribution in [0, 0.1) is 0 Å². The number of carbonyl (C=O) groups excluding carboxylic acids is 1. The van der Waals surface area contributed by atoms with Crippen molar-refractivity contribution in [2.24, 2.45) is 7.05 Å². The minimum atomic E-state index is -4.59. The van der Waals surface area contributed by atoms with Gasteiger partial charge in [-0.1, -0.05) is 0 Å². The number of fused-ring (bicyclic) bond motifs is 2. The van der Waals surface area contributed by atoms with Gasteiger partial charge in [-0.2, -0.15) is 23.4 Å². The summed E-state index contributed by atoms with van der Waals surface area (Å²) in [6, 6.07) is 2.75. The number of anilines is 2. The second kappa shape index (κ2) is 9.33. The molecule has 0 bridgehead atoms. The number of benzene rings is 1. The first-order valence-corrected chi connectivity index (χ1v) is 12.8. The fourth-order valence-corrected chi connectivity index (χ4v) is 5.66. The monoisotopic (exact) mass is 530 g/mol. The van der Waals surface area contributed by atoms with Crippen molar-refractivity contribution in [3.05, 3.63) is 41.3 Å². The van der Waals surface area contributed by atoms with Crippen LogP contribution >= 0.6 is 0 Å². The van der Waals surface area contributed by atoms with Gasteiger partial charge in [-0.3, -0.25) is 14.2 Å². The number of amides is 1. The molecule has 0 atom stereocenters. The summed E-state index contributed by atoms with van der Waals surface area (Å²) in [6.07, 6.45) is 0.659. The minimum Gasteiger partial charge on any atom is -0.490 e. The molecule has 9 nitrogen and oxygen atoms in total. The third kappa shape index (κ3) is 4.30. The van der Waals surface area contributed by atoms with Gasteiger partial charge in [0.1, 0.15) is 12.4 Å². The van der Waals surface area contributed by atoms with Crippen molar-refractivity contribution in [2.45, 2.75) is 44.9 Å². The van der Waals surface area contributed by atoms with Gasteiger partial charge in [0.25, 0.3) is 0 Å². The summed E-state index contributed by atoms with van der Waals surface area (Å²) < 4.78 is 58.0. The fourth-order valence-electron chi connectivity index (χ4n) is 5.66. The van der Waals surface area contributed by atoms with E-state index in [-0.39, 0.29) is 17.5 Å². The SMILES string of the molecule is CC(=O)N1CCc2c(c(N3CCOc4cc(-c5cnn(C)c5)c(C(F)(F)F)cc43)nn2C2CCOCC2)C1. The highest BCUT2D eigenvalue weighted by molar-refractivity contribution is 5.80. The number of nitrogens with zero attached hydrogens (tertiary/aromatic N) is 6. The maximum atomic E-state index is 14.3. The number of halogens is 3. The Balaban J connectivity index is 1.49. The molecule has 0 spiro atoms. The van der Waals surface area contributed by atoms with Crippen LogP contribution in [0.25, 0.3) is 11.1 Å². The summed E-state index contributed by atoms with van der Waals surface area (Å²) in [5.74, 6) is 0.907. The third-order valence-corrected chi connectivity index (χ3v) is 7.59. The molecule has 1 saturated heterocycles. The molecule has 1 fully saturated rings. The van der Waals surface area contributed by atoms with E-state index in [0.29, 0.717) is 68.7 Å². The van der Waals surface area contributed by atoms with E-state index >= 15 is 0 Å². The zero-order chi connectivity index (χ0) is 26.6. The lowest BCUT2D eigenvalue weighted by Crippen LogP contribution is -2.36. The average molecular weight is 531 g/mol. The molecule has 0 aliphatic carbocycles. The summed E-state index contributed by atoms with van der Waals surface area (Å²) >= 11 is 0. The number of alkyl halides is 3. The maximum Gasteiger partial charge on any atom is 0.417 e. The lowest BCUT2D eigenvalue weighted by molar-refractivity contribution is -0.137. The van der Waals surface area contributed by atoms with Crippen molar-refractivity contribution >= 4 is 17.4 Å². The standard InChI is InChI=1S/C26H29F3N6O3/c1-16(36)33-6-3-22-20(15-33)25(31-35(22)18-4-8-37-9-5-18)34-7-10-38-24-11-19(17-13-30-32(2)14-17)21(12-23(24)34)26(27,28)29/h11-14,18H,3-10,15H2,1-2H3. The normalized spacial score (nSPS) is 18.2. The van der Waals surface area contributed by atoms with E-state index in [4.69, 9.17) is 14.6 Å². The Hall–Kier alpha value is -3.54. The van der Waals surface area contributed by atoms with E-state index in [9.17, 15) is 18.0 Å². The minimum absolute atomic E-state index is 0.0173. The van der Waals surface area contributed by atoms with Crippen molar-refractivity contribution in [1.29, 1.82) is 0 Å². The smallest absolute Gasteiger partial charge is 0.417 e. The van der Waals surface area contributed by atoms with E-state index < -0.39 is 11.7 Å².